The first-order chi connectivity index (χ1) is 19.3. The number of fused-ring (bicyclic) bond motifs is 10. The molecule has 39 heavy (non-hydrogen) atoms. The molecule has 0 fully saturated rings. The first kappa shape index (κ1) is 20.7. The molecule has 0 radical (unpaired) electrons. The van der Waals surface area contributed by atoms with Crippen molar-refractivity contribution in [3.05, 3.63) is 127 Å². The van der Waals surface area contributed by atoms with Crippen LogP contribution in [-0.4, -0.2) is 4.57 Å². The Morgan fingerprint density at radius 2 is 1.28 bits per heavy atom. The quantitative estimate of drug-likeness (QED) is 0.237. The van der Waals surface area contributed by atoms with Gasteiger partial charge in [0.15, 0.2) is 5.58 Å². The molecule has 3 heterocycles. The van der Waals surface area contributed by atoms with Crippen LogP contribution in [0.1, 0.15) is 0 Å². The van der Waals surface area contributed by atoms with Gasteiger partial charge in [0.2, 0.25) is 0 Å². The number of aromatic nitrogens is 1. The monoisotopic (exact) mass is 499 g/mol. The predicted octanol–water partition coefficient (Wildman–Crippen LogP) is 10.2. The van der Waals surface area contributed by atoms with E-state index >= 15 is 0 Å². The summed E-state index contributed by atoms with van der Waals surface area (Å²) in [6.07, 6.45) is 0. The molecule has 0 saturated heterocycles. The van der Waals surface area contributed by atoms with Crippen LogP contribution < -0.4 is 0 Å². The van der Waals surface area contributed by atoms with E-state index in [4.69, 9.17) is 8.83 Å². The summed E-state index contributed by atoms with van der Waals surface area (Å²) in [6.45, 7) is 0. The van der Waals surface area contributed by atoms with Crippen molar-refractivity contribution in [2.75, 3.05) is 0 Å². The topological polar surface area (TPSA) is 31.2 Å². The summed E-state index contributed by atoms with van der Waals surface area (Å²) in [6, 6.07) is 44.6. The summed E-state index contributed by atoms with van der Waals surface area (Å²) >= 11 is 0. The fourth-order valence-corrected chi connectivity index (χ4v) is 6.31. The van der Waals surface area contributed by atoms with Crippen molar-refractivity contribution < 1.29 is 8.83 Å². The third-order valence-corrected chi connectivity index (χ3v) is 7.99. The zero-order chi connectivity index (χ0) is 25.5. The molecule has 0 aliphatic rings. The lowest BCUT2D eigenvalue weighted by Gasteiger charge is -2.09. The molecule has 0 aliphatic carbocycles. The molecular formula is C36H21NO2. The zero-order valence-corrected chi connectivity index (χ0v) is 20.9. The Labute approximate surface area is 223 Å². The predicted molar refractivity (Wildman–Crippen MR) is 161 cm³/mol. The average molecular weight is 500 g/mol. The van der Waals surface area contributed by atoms with Crippen molar-refractivity contribution in [2.24, 2.45) is 0 Å². The van der Waals surface area contributed by atoms with Crippen LogP contribution in [-0.2, 0) is 0 Å². The van der Waals surface area contributed by atoms with Gasteiger partial charge in [-0.15, -0.1) is 0 Å². The molecule has 3 heteroatoms. The summed E-state index contributed by atoms with van der Waals surface area (Å²) < 4.78 is 15.3. The van der Waals surface area contributed by atoms with Gasteiger partial charge >= 0.3 is 0 Å². The molecule has 0 aliphatic heterocycles. The molecule has 0 bridgehead atoms. The average Bonchev–Trinajstić information content (AvgIpc) is 3.66. The van der Waals surface area contributed by atoms with E-state index in [-0.39, 0.29) is 0 Å². The maximum absolute atomic E-state index is 6.57. The van der Waals surface area contributed by atoms with Crippen LogP contribution in [0.5, 0.6) is 0 Å². The van der Waals surface area contributed by atoms with Gasteiger partial charge in [-0.1, -0.05) is 78.9 Å². The van der Waals surface area contributed by atoms with Crippen molar-refractivity contribution in [3.8, 4) is 16.8 Å². The highest BCUT2D eigenvalue weighted by Crippen LogP contribution is 2.44. The largest absolute Gasteiger partial charge is 0.456 e. The van der Waals surface area contributed by atoms with E-state index < -0.39 is 0 Å². The van der Waals surface area contributed by atoms with Crippen molar-refractivity contribution in [3.63, 3.8) is 0 Å². The Hall–Kier alpha value is -5.28. The minimum atomic E-state index is 0.878. The van der Waals surface area contributed by atoms with Crippen LogP contribution in [0.25, 0.3) is 82.5 Å². The molecule has 0 amide bonds. The number of rotatable bonds is 2. The molecule has 3 aromatic heterocycles. The molecule has 0 unspecified atom stereocenters. The van der Waals surface area contributed by atoms with Gasteiger partial charge in [0.1, 0.15) is 22.3 Å². The van der Waals surface area contributed by atoms with Gasteiger partial charge in [-0.2, -0.15) is 0 Å². The molecule has 9 rings (SSSR count). The fraction of sp³-hybridized carbons (Fsp3) is 0. The fourth-order valence-electron chi connectivity index (χ4n) is 6.31. The SMILES string of the molecule is c1ccc(-n2c3ccccc3c3oc4cccc(-c5ccc6c(c5)oc5ccc7ccccc7c56)c4c32)cc1. The van der Waals surface area contributed by atoms with E-state index in [0.717, 1.165) is 66.3 Å². The van der Waals surface area contributed by atoms with Gasteiger partial charge in [-0.25, -0.2) is 0 Å². The summed E-state index contributed by atoms with van der Waals surface area (Å²) in [5.41, 5.74) is 9.14. The second-order valence-corrected chi connectivity index (χ2v) is 10.1. The molecule has 3 nitrogen and oxygen atoms in total. The molecule has 182 valence electrons. The lowest BCUT2D eigenvalue weighted by Crippen LogP contribution is -1.93. The molecule has 9 aromatic rings. The summed E-state index contributed by atoms with van der Waals surface area (Å²) in [5.74, 6) is 0. The Morgan fingerprint density at radius 3 is 2.21 bits per heavy atom. The van der Waals surface area contributed by atoms with Gasteiger partial charge < -0.3 is 13.4 Å². The normalized spacial score (nSPS) is 12.1. The Bertz CT molecular complexity index is 2390. The van der Waals surface area contributed by atoms with E-state index in [0.29, 0.717) is 0 Å². The van der Waals surface area contributed by atoms with Gasteiger partial charge in [0, 0.05) is 21.8 Å². The van der Waals surface area contributed by atoms with E-state index in [1.54, 1.807) is 0 Å². The van der Waals surface area contributed by atoms with Crippen LogP contribution in [0.15, 0.2) is 136 Å². The maximum Gasteiger partial charge on any atom is 0.161 e. The van der Waals surface area contributed by atoms with Crippen LogP contribution in [0.3, 0.4) is 0 Å². The third-order valence-electron chi connectivity index (χ3n) is 7.99. The highest BCUT2D eigenvalue weighted by molar-refractivity contribution is 6.22. The Balaban J connectivity index is 1.37. The number of furan rings is 2. The Morgan fingerprint density at radius 1 is 0.487 bits per heavy atom. The molecule has 6 aromatic carbocycles. The number of hydrogen-bond acceptors (Lipinski definition) is 2. The summed E-state index contributed by atoms with van der Waals surface area (Å²) in [4.78, 5) is 0. The lowest BCUT2D eigenvalue weighted by molar-refractivity contribution is 0.669. The van der Waals surface area contributed by atoms with Gasteiger partial charge in [0.05, 0.1) is 10.9 Å². The first-order valence-corrected chi connectivity index (χ1v) is 13.2. The second kappa shape index (κ2) is 7.62. The van der Waals surface area contributed by atoms with Crippen molar-refractivity contribution in [1.82, 2.24) is 4.57 Å². The second-order valence-electron chi connectivity index (χ2n) is 10.1. The van der Waals surface area contributed by atoms with E-state index in [9.17, 15) is 0 Å². The summed E-state index contributed by atoms with van der Waals surface area (Å²) in [7, 11) is 0. The van der Waals surface area contributed by atoms with E-state index in [1.165, 1.54) is 16.2 Å². The number of benzene rings is 6. The van der Waals surface area contributed by atoms with Crippen molar-refractivity contribution >= 4 is 65.7 Å². The van der Waals surface area contributed by atoms with Crippen LogP contribution in [0, 0.1) is 0 Å². The number of para-hydroxylation sites is 2. The van der Waals surface area contributed by atoms with Crippen molar-refractivity contribution in [2.45, 2.75) is 0 Å². The van der Waals surface area contributed by atoms with Crippen LogP contribution in [0.4, 0.5) is 0 Å². The summed E-state index contributed by atoms with van der Waals surface area (Å²) in [5, 5.41) is 6.95. The number of hydrogen-bond donors (Lipinski definition) is 0. The molecule has 0 saturated carbocycles. The molecule has 0 atom stereocenters. The lowest BCUT2D eigenvalue weighted by atomic mass is 9.98. The Kier molecular flexibility index (Phi) is 4.05. The van der Waals surface area contributed by atoms with Crippen molar-refractivity contribution in [1.29, 1.82) is 0 Å². The van der Waals surface area contributed by atoms with E-state index in [2.05, 4.69) is 132 Å². The molecule has 0 spiro atoms. The van der Waals surface area contributed by atoms with Crippen LogP contribution in [0.2, 0.25) is 0 Å². The maximum atomic E-state index is 6.57. The molecular weight excluding hydrogens is 478 g/mol. The van der Waals surface area contributed by atoms with Crippen LogP contribution >= 0.6 is 0 Å². The molecule has 0 N–H and O–H groups in total. The number of nitrogens with zero attached hydrogens (tertiary/aromatic N) is 1. The first-order valence-electron chi connectivity index (χ1n) is 13.2. The minimum absolute atomic E-state index is 0.878. The van der Waals surface area contributed by atoms with Gasteiger partial charge in [-0.05, 0) is 70.4 Å². The minimum Gasteiger partial charge on any atom is -0.456 e. The highest BCUT2D eigenvalue weighted by Gasteiger charge is 2.22. The zero-order valence-electron chi connectivity index (χ0n) is 20.9. The third kappa shape index (κ3) is 2.82. The van der Waals surface area contributed by atoms with Gasteiger partial charge in [0.25, 0.3) is 0 Å². The van der Waals surface area contributed by atoms with E-state index in [1.807, 2.05) is 0 Å². The smallest absolute Gasteiger partial charge is 0.161 e. The highest BCUT2D eigenvalue weighted by atomic mass is 16.3. The standard InChI is InChI=1S/C36H21NO2/c1-2-10-24(11-3-1)37-29-15-7-6-13-27(29)36-35(37)34-26(14-8-16-30(34)39-36)23-17-19-28-32(21-23)38-31-20-18-22-9-4-5-12-25(22)33(28)31/h1-21H. The van der Waals surface area contributed by atoms with Gasteiger partial charge in [-0.3, -0.25) is 0 Å².